The topological polar surface area (TPSA) is 144 Å². The minimum absolute atomic E-state index is 0.0460. The van der Waals surface area contributed by atoms with E-state index in [1.807, 2.05) is 14.1 Å². The Hall–Kier alpha value is -0.780. The minimum Gasteiger partial charge on any atom is -0.393 e. The van der Waals surface area contributed by atoms with Gasteiger partial charge in [-0.15, -0.1) is 0 Å². The number of hydrogen-bond donors (Lipinski definition) is 5. The van der Waals surface area contributed by atoms with E-state index in [-0.39, 0.29) is 35.2 Å². The number of carbonyl (C=O) groups excluding carboxylic acids is 1. The van der Waals surface area contributed by atoms with E-state index in [0.717, 1.165) is 57.9 Å². The fourth-order valence-corrected chi connectivity index (χ4v) is 11.0. The van der Waals surface area contributed by atoms with Gasteiger partial charge in [0.15, 0.2) is 0 Å². The summed E-state index contributed by atoms with van der Waals surface area (Å²) >= 11 is 0. The molecular formula is C32H59N2O7S+. The lowest BCUT2D eigenvalue weighted by atomic mass is 9.46. The molecule has 0 aromatic heterocycles. The highest BCUT2D eigenvalue weighted by Crippen LogP contribution is 2.66. The number of fused-ring (bicyclic) bond motifs is 5. The van der Waals surface area contributed by atoms with Crippen LogP contribution in [0.15, 0.2) is 0 Å². The van der Waals surface area contributed by atoms with Gasteiger partial charge < -0.3 is 25.1 Å². The lowest BCUT2D eigenvalue weighted by Gasteiger charge is -2.60. The Labute approximate surface area is 254 Å². The summed E-state index contributed by atoms with van der Waals surface area (Å²) in [5.41, 5.74) is -0.249. The van der Waals surface area contributed by atoms with Gasteiger partial charge in [-0.1, -0.05) is 20.8 Å². The van der Waals surface area contributed by atoms with Crippen LogP contribution < -0.4 is 5.32 Å². The molecule has 12 atom stereocenters. The van der Waals surface area contributed by atoms with Gasteiger partial charge in [-0.05, 0) is 97.7 Å². The lowest BCUT2D eigenvalue weighted by molar-refractivity contribution is -0.890. The zero-order chi connectivity index (χ0) is 31.0. The molecule has 0 aromatic rings. The number of amides is 1. The molecule has 0 aromatic carbocycles. The third-order valence-corrected chi connectivity index (χ3v) is 13.2. The number of nitrogens with zero attached hydrogens (tertiary/aromatic N) is 1. The highest BCUT2D eigenvalue weighted by Gasteiger charge is 2.63. The molecule has 4 rings (SSSR count). The average Bonchev–Trinajstić information content (AvgIpc) is 3.22. The summed E-state index contributed by atoms with van der Waals surface area (Å²) in [5.74, 6) is 2.51. The van der Waals surface area contributed by atoms with E-state index in [0.29, 0.717) is 71.8 Å². The van der Waals surface area contributed by atoms with Gasteiger partial charge in [0.25, 0.3) is 10.1 Å². The molecule has 0 radical (unpaired) electrons. The van der Waals surface area contributed by atoms with Gasteiger partial charge in [0.2, 0.25) is 5.91 Å². The third-order valence-electron chi connectivity index (χ3n) is 12.4. The maximum atomic E-state index is 12.7. The summed E-state index contributed by atoms with van der Waals surface area (Å²) in [6.45, 7) is 8.77. The smallest absolute Gasteiger partial charge is 0.265 e. The summed E-state index contributed by atoms with van der Waals surface area (Å²) < 4.78 is 31.5. The van der Waals surface area contributed by atoms with E-state index in [4.69, 9.17) is 4.55 Å². The predicted molar refractivity (Wildman–Crippen MR) is 163 cm³/mol. The van der Waals surface area contributed by atoms with Crippen LogP contribution in [-0.2, 0) is 14.9 Å². The van der Waals surface area contributed by atoms with Crippen molar-refractivity contribution >= 4 is 16.0 Å². The maximum Gasteiger partial charge on any atom is 0.265 e. The van der Waals surface area contributed by atoms with Gasteiger partial charge in [-0.3, -0.25) is 9.35 Å². The first-order valence-electron chi connectivity index (χ1n) is 16.6. The second-order valence-corrected chi connectivity index (χ2v) is 17.2. The first kappa shape index (κ1) is 34.1. The van der Waals surface area contributed by atoms with Crippen molar-refractivity contribution in [3.63, 3.8) is 0 Å². The number of carbonyl (C=O) groups is 1. The van der Waals surface area contributed by atoms with Crippen LogP contribution in [0, 0.1) is 52.8 Å². The SMILES string of the molecule is CC(CCC(=O)NCCC[N+](C)(C)CCCS(=O)(=O)O)[C@H]1CCC2C3C(C[C@H](O)[C@@]21C)C1C(C[C@H](O)C[C@H]1C)C[C@H]3O. The van der Waals surface area contributed by atoms with E-state index in [1.165, 1.54) is 0 Å². The molecule has 0 heterocycles. The molecule has 1 amide bonds. The van der Waals surface area contributed by atoms with E-state index < -0.39 is 16.2 Å². The molecule has 4 aliphatic carbocycles. The number of hydrogen-bond acceptors (Lipinski definition) is 6. The Kier molecular flexibility index (Phi) is 10.8. The molecule has 6 unspecified atom stereocenters. The Bertz CT molecular complexity index is 1040. The second kappa shape index (κ2) is 13.3. The van der Waals surface area contributed by atoms with Crippen molar-refractivity contribution in [3.8, 4) is 0 Å². The van der Waals surface area contributed by atoms with Gasteiger partial charge >= 0.3 is 0 Å². The van der Waals surface area contributed by atoms with Crippen molar-refractivity contribution in [1.82, 2.24) is 5.32 Å². The molecule has 4 aliphatic rings. The first-order valence-corrected chi connectivity index (χ1v) is 18.2. The number of aliphatic hydroxyl groups is 3. The van der Waals surface area contributed by atoms with Gasteiger partial charge in [0, 0.05) is 25.8 Å². The molecule has 10 heteroatoms. The molecule has 9 nitrogen and oxygen atoms in total. The molecule has 42 heavy (non-hydrogen) atoms. The van der Waals surface area contributed by atoms with E-state index in [1.54, 1.807) is 0 Å². The van der Waals surface area contributed by atoms with E-state index in [2.05, 4.69) is 26.1 Å². The highest BCUT2D eigenvalue weighted by atomic mass is 32.2. The van der Waals surface area contributed by atoms with Crippen LogP contribution in [0.3, 0.4) is 0 Å². The van der Waals surface area contributed by atoms with Crippen LogP contribution in [0.1, 0.15) is 85.0 Å². The van der Waals surface area contributed by atoms with Crippen LogP contribution in [0.2, 0.25) is 0 Å². The van der Waals surface area contributed by atoms with Gasteiger partial charge in [-0.25, -0.2) is 0 Å². The Morgan fingerprint density at radius 1 is 1.02 bits per heavy atom. The fourth-order valence-electron chi connectivity index (χ4n) is 10.5. The summed E-state index contributed by atoms with van der Waals surface area (Å²) in [4.78, 5) is 12.7. The normalized spacial score (nSPS) is 41.0. The first-order chi connectivity index (χ1) is 19.5. The number of nitrogens with one attached hydrogen (secondary N) is 1. The fraction of sp³-hybridized carbons (Fsp3) is 0.969. The standard InChI is InChI=1S/C32H58N2O7S/c1-20(8-11-29(38)33-12-6-13-34(4,5)14-7-15-42(39,40)41)25-9-10-26-31-24(19-28(37)32(25,26)3)30-21(2)16-23(35)17-22(30)18-27(31)36/h20-28,30-31,35-37H,6-19H2,1-5H3,(H-,33,38,39,40,41)/p+1/t20?,21-,22?,23-,24?,25-,26?,27-,28+,30?,31?,32-/m1/s1. The zero-order valence-corrected chi connectivity index (χ0v) is 27.4. The van der Waals surface area contributed by atoms with Gasteiger partial charge in [-0.2, -0.15) is 8.42 Å². The van der Waals surface area contributed by atoms with Crippen molar-refractivity contribution in [2.45, 2.75) is 103 Å². The minimum atomic E-state index is -3.93. The Balaban J connectivity index is 1.26. The number of rotatable bonds is 12. The second-order valence-electron chi connectivity index (χ2n) is 15.6. The molecule has 4 fully saturated rings. The van der Waals surface area contributed by atoms with Crippen molar-refractivity contribution < 1.29 is 37.6 Å². The number of aliphatic hydroxyl groups excluding tert-OH is 3. The Morgan fingerprint density at radius 2 is 1.71 bits per heavy atom. The van der Waals surface area contributed by atoms with Crippen LogP contribution in [-0.4, -0.2) is 96.5 Å². The van der Waals surface area contributed by atoms with Crippen molar-refractivity contribution in [2.75, 3.05) is 39.5 Å². The monoisotopic (exact) mass is 615 g/mol. The predicted octanol–water partition coefficient (Wildman–Crippen LogP) is 3.08. The van der Waals surface area contributed by atoms with Crippen LogP contribution in [0.4, 0.5) is 0 Å². The molecule has 244 valence electrons. The maximum absolute atomic E-state index is 12.7. The summed E-state index contributed by atoms with van der Waals surface area (Å²) in [6.07, 6.45) is 6.57. The molecule has 5 N–H and O–H groups in total. The molecule has 4 saturated carbocycles. The molecule has 0 aliphatic heterocycles. The Morgan fingerprint density at radius 3 is 2.40 bits per heavy atom. The van der Waals surface area contributed by atoms with Crippen molar-refractivity contribution in [1.29, 1.82) is 0 Å². The van der Waals surface area contributed by atoms with E-state index in [9.17, 15) is 28.5 Å². The van der Waals surface area contributed by atoms with Crippen LogP contribution in [0.5, 0.6) is 0 Å². The quantitative estimate of drug-likeness (QED) is 0.129. The van der Waals surface area contributed by atoms with Crippen molar-refractivity contribution in [3.05, 3.63) is 0 Å². The lowest BCUT2D eigenvalue weighted by Crippen LogP contribution is -2.60. The van der Waals surface area contributed by atoms with Gasteiger partial charge in [0.1, 0.15) is 0 Å². The average molecular weight is 616 g/mol. The van der Waals surface area contributed by atoms with Crippen LogP contribution >= 0.6 is 0 Å². The molecule has 0 spiro atoms. The molecular weight excluding hydrogens is 556 g/mol. The summed E-state index contributed by atoms with van der Waals surface area (Å²) in [7, 11) is 0.115. The number of quaternary nitrogens is 1. The highest BCUT2D eigenvalue weighted by molar-refractivity contribution is 7.85. The van der Waals surface area contributed by atoms with Gasteiger partial charge in [0.05, 0.1) is 51.2 Å². The largest absolute Gasteiger partial charge is 0.393 e. The third kappa shape index (κ3) is 7.53. The van der Waals surface area contributed by atoms with Crippen LogP contribution in [0.25, 0.3) is 0 Å². The zero-order valence-electron chi connectivity index (χ0n) is 26.6. The van der Waals surface area contributed by atoms with Crippen molar-refractivity contribution in [2.24, 2.45) is 52.8 Å². The summed E-state index contributed by atoms with van der Waals surface area (Å²) in [6, 6.07) is 0. The molecule has 0 saturated heterocycles. The van der Waals surface area contributed by atoms with E-state index >= 15 is 0 Å². The molecule has 0 bridgehead atoms. The summed E-state index contributed by atoms with van der Waals surface area (Å²) in [5, 5.41) is 36.6.